The largest absolute Gasteiger partial charge is 0.483 e. The van der Waals surface area contributed by atoms with E-state index in [9.17, 15) is 9.59 Å². The van der Waals surface area contributed by atoms with Crippen LogP contribution in [0, 0.1) is 0 Å². The topological polar surface area (TPSA) is 58.6 Å². The smallest absolute Gasteiger partial charge is 0.261 e. The van der Waals surface area contributed by atoms with E-state index >= 15 is 0 Å². The van der Waals surface area contributed by atoms with Gasteiger partial charge in [0, 0.05) is 18.2 Å². The van der Waals surface area contributed by atoms with Crippen LogP contribution in [0.15, 0.2) is 54.6 Å². The minimum atomic E-state index is -0.637. The summed E-state index contributed by atoms with van der Waals surface area (Å²) in [6.07, 6.45) is 1.88. The number of hydrogen-bond donors (Lipinski definition) is 1. The van der Waals surface area contributed by atoms with E-state index in [0.717, 1.165) is 24.0 Å². The Balaban J connectivity index is 1.62. The fourth-order valence-corrected chi connectivity index (χ4v) is 3.26. The highest BCUT2D eigenvalue weighted by atomic mass is 16.5. The average molecular weight is 336 g/mol. The maximum absolute atomic E-state index is 13.0. The fourth-order valence-electron chi connectivity index (χ4n) is 3.26. The summed E-state index contributed by atoms with van der Waals surface area (Å²) >= 11 is 0. The predicted octanol–water partition coefficient (Wildman–Crippen LogP) is 2.43. The van der Waals surface area contributed by atoms with E-state index in [1.54, 1.807) is 4.90 Å². The molecule has 25 heavy (non-hydrogen) atoms. The van der Waals surface area contributed by atoms with Gasteiger partial charge in [0.05, 0.1) is 0 Å². The Bertz CT molecular complexity index is 787. The highest BCUT2D eigenvalue weighted by Gasteiger charge is 2.43. The van der Waals surface area contributed by atoms with Gasteiger partial charge in [0.2, 0.25) is 5.91 Å². The lowest BCUT2D eigenvalue weighted by atomic mass is 10.0. The Morgan fingerprint density at radius 1 is 1.08 bits per heavy atom. The van der Waals surface area contributed by atoms with E-state index in [0.29, 0.717) is 12.3 Å². The van der Waals surface area contributed by atoms with Gasteiger partial charge in [0.1, 0.15) is 11.8 Å². The third kappa shape index (κ3) is 3.22. The second-order valence-electron chi connectivity index (χ2n) is 6.46. The number of nitrogens with one attached hydrogen (secondary N) is 1. The number of benzene rings is 2. The SMILES string of the molecule is O=C(NCc1ccccc1)C1c2ccccc2OCC(=O)N1C1CC1. The van der Waals surface area contributed by atoms with Crippen molar-refractivity contribution in [2.24, 2.45) is 0 Å². The number of nitrogens with zero attached hydrogens (tertiary/aromatic N) is 1. The summed E-state index contributed by atoms with van der Waals surface area (Å²) in [5.74, 6) is 0.319. The summed E-state index contributed by atoms with van der Waals surface area (Å²) in [4.78, 5) is 27.3. The Kier molecular flexibility index (Phi) is 4.14. The third-order valence-corrected chi connectivity index (χ3v) is 4.63. The number of fused-ring (bicyclic) bond motifs is 1. The van der Waals surface area contributed by atoms with Crippen LogP contribution in [0.2, 0.25) is 0 Å². The quantitative estimate of drug-likeness (QED) is 0.933. The molecule has 1 heterocycles. The monoisotopic (exact) mass is 336 g/mol. The fraction of sp³-hybridized carbons (Fsp3) is 0.300. The van der Waals surface area contributed by atoms with Crippen molar-refractivity contribution in [1.82, 2.24) is 10.2 Å². The summed E-state index contributed by atoms with van der Waals surface area (Å²) in [5.41, 5.74) is 1.78. The van der Waals surface area contributed by atoms with Crippen molar-refractivity contribution in [3.63, 3.8) is 0 Å². The molecule has 1 fully saturated rings. The van der Waals surface area contributed by atoms with Gasteiger partial charge in [0.25, 0.3) is 5.91 Å². The van der Waals surface area contributed by atoms with Crippen molar-refractivity contribution in [2.45, 2.75) is 31.5 Å². The zero-order valence-electron chi connectivity index (χ0n) is 13.9. The molecule has 5 nitrogen and oxygen atoms in total. The Hall–Kier alpha value is -2.82. The van der Waals surface area contributed by atoms with Gasteiger partial charge in [-0.2, -0.15) is 0 Å². The normalized spacial score (nSPS) is 19.6. The number of para-hydroxylation sites is 1. The zero-order chi connectivity index (χ0) is 17.2. The number of carbonyl (C=O) groups is 2. The summed E-state index contributed by atoms with van der Waals surface area (Å²) in [5, 5.41) is 2.98. The van der Waals surface area contributed by atoms with Gasteiger partial charge in [-0.1, -0.05) is 48.5 Å². The van der Waals surface area contributed by atoms with Gasteiger partial charge in [0.15, 0.2) is 6.61 Å². The molecule has 0 aromatic heterocycles. The van der Waals surface area contributed by atoms with Crippen LogP contribution < -0.4 is 10.1 Å². The summed E-state index contributed by atoms with van der Waals surface area (Å²) in [6, 6.07) is 16.7. The van der Waals surface area contributed by atoms with Gasteiger partial charge in [-0.25, -0.2) is 0 Å². The molecule has 2 aromatic rings. The minimum Gasteiger partial charge on any atom is -0.483 e. The van der Waals surface area contributed by atoms with E-state index in [1.807, 2.05) is 54.6 Å². The molecule has 1 unspecified atom stereocenters. The van der Waals surface area contributed by atoms with E-state index < -0.39 is 6.04 Å². The zero-order valence-corrected chi connectivity index (χ0v) is 13.9. The van der Waals surface area contributed by atoms with Gasteiger partial charge in [-0.05, 0) is 24.5 Å². The Labute approximate surface area is 146 Å². The van der Waals surface area contributed by atoms with Crippen molar-refractivity contribution in [2.75, 3.05) is 6.61 Å². The van der Waals surface area contributed by atoms with Crippen molar-refractivity contribution in [3.8, 4) is 5.75 Å². The lowest BCUT2D eigenvalue weighted by Gasteiger charge is -2.29. The van der Waals surface area contributed by atoms with Gasteiger partial charge < -0.3 is 15.0 Å². The molecular weight excluding hydrogens is 316 g/mol. The van der Waals surface area contributed by atoms with Crippen LogP contribution in [-0.2, 0) is 16.1 Å². The van der Waals surface area contributed by atoms with E-state index in [-0.39, 0.29) is 24.5 Å². The van der Waals surface area contributed by atoms with Gasteiger partial charge in [-0.3, -0.25) is 9.59 Å². The summed E-state index contributed by atoms with van der Waals surface area (Å²) in [7, 11) is 0. The molecule has 1 aliphatic heterocycles. The molecule has 4 rings (SSSR count). The maximum atomic E-state index is 13.0. The summed E-state index contributed by atoms with van der Waals surface area (Å²) < 4.78 is 5.64. The van der Waals surface area contributed by atoms with Crippen LogP contribution in [0.4, 0.5) is 0 Å². The maximum Gasteiger partial charge on any atom is 0.261 e. The molecule has 1 N–H and O–H groups in total. The van der Waals surface area contributed by atoms with Crippen molar-refractivity contribution in [3.05, 3.63) is 65.7 Å². The number of carbonyl (C=O) groups excluding carboxylic acids is 2. The molecule has 0 spiro atoms. The molecule has 2 aromatic carbocycles. The molecule has 5 heteroatoms. The lowest BCUT2D eigenvalue weighted by Crippen LogP contribution is -2.45. The van der Waals surface area contributed by atoms with Crippen LogP contribution in [-0.4, -0.2) is 29.4 Å². The first kappa shape index (κ1) is 15.7. The molecule has 0 bridgehead atoms. The van der Waals surface area contributed by atoms with Crippen LogP contribution in [0.3, 0.4) is 0 Å². The van der Waals surface area contributed by atoms with E-state index in [2.05, 4.69) is 5.32 Å². The van der Waals surface area contributed by atoms with Crippen LogP contribution in [0.1, 0.15) is 30.0 Å². The lowest BCUT2D eigenvalue weighted by molar-refractivity contribution is -0.142. The van der Waals surface area contributed by atoms with E-state index in [1.165, 1.54) is 0 Å². The Morgan fingerprint density at radius 3 is 2.56 bits per heavy atom. The summed E-state index contributed by atoms with van der Waals surface area (Å²) in [6.45, 7) is 0.419. The molecule has 2 aliphatic rings. The molecule has 1 atom stereocenters. The molecule has 2 amide bonds. The first-order valence-corrected chi connectivity index (χ1v) is 8.58. The third-order valence-electron chi connectivity index (χ3n) is 4.63. The standard InChI is InChI=1S/C20H20N2O3/c23-18-13-25-17-9-5-4-8-16(17)19(22(18)15-10-11-15)20(24)21-12-14-6-2-1-3-7-14/h1-9,15,19H,10-13H2,(H,21,24). The van der Waals surface area contributed by atoms with Crippen LogP contribution in [0.25, 0.3) is 0 Å². The number of hydrogen-bond acceptors (Lipinski definition) is 3. The number of ether oxygens (including phenoxy) is 1. The molecular formula is C20H20N2O3. The second-order valence-corrected chi connectivity index (χ2v) is 6.46. The molecule has 1 saturated carbocycles. The minimum absolute atomic E-state index is 0.0179. The second kappa shape index (κ2) is 6.59. The number of rotatable bonds is 4. The van der Waals surface area contributed by atoms with Gasteiger partial charge in [-0.15, -0.1) is 0 Å². The molecule has 0 radical (unpaired) electrons. The predicted molar refractivity (Wildman–Crippen MR) is 92.8 cm³/mol. The highest BCUT2D eigenvalue weighted by molar-refractivity contribution is 5.91. The Morgan fingerprint density at radius 2 is 1.80 bits per heavy atom. The first-order valence-electron chi connectivity index (χ1n) is 8.58. The van der Waals surface area contributed by atoms with Crippen molar-refractivity contribution in [1.29, 1.82) is 0 Å². The molecule has 0 saturated heterocycles. The number of amides is 2. The van der Waals surface area contributed by atoms with Gasteiger partial charge >= 0.3 is 0 Å². The molecule has 128 valence electrons. The molecule has 1 aliphatic carbocycles. The van der Waals surface area contributed by atoms with E-state index in [4.69, 9.17) is 4.74 Å². The van der Waals surface area contributed by atoms with Crippen molar-refractivity contribution >= 4 is 11.8 Å². The average Bonchev–Trinajstić information content (AvgIpc) is 3.48. The van der Waals surface area contributed by atoms with Crippen LogP contribution in [0.5, 0.6) is 5.75 Å². The van der Waals surface area contributed by atoms with Crippen molar-refractivity contribution < 1.29 is 14.3 Å². The highest BCUT2D eigenvalue weighted by Crippen LogP contribution is 2.39. The first-order chi connectivity index (χ1) is 12.2. The van der Waals surface area contributed by atoms with Crippen LogP contribution >= 0.6 is 0 Å².